The number of hydrogen-bond acceptors (Lipinski definition) is 2. The maximum Gasteiger partial charge on any atom is 0.335 e. The Morgan fingerprint density at radius 2 is 1.61 bits per heavy atom. The molecule has 120 valence electrons. The Kier molecular flexibility index (Phi) is 5.16. The zero-order valence-corrected chi connectivity index (χ0v) is 13.4. The van der Waals surface area contributed by atoms with E-state index in [1.54, 1.807) is 24.3 Å². The maximum atomic E-state index is 12.1. The van der Waals surface area contributed by atoms with Gasteiger partial charge in [-0.05, 0) is 35.6 Å². The number of amides is 1. The van der Waals surface area contributed by atoms with Crippen LogP contribution in [0.5, 0.6) is 0 Å². The highest BCUT2D eigenvalue weighted by Crippen LogP contribution is 2.23. The molecule has 0 unspecified atom stereocenters. The molecule has 0 aliphatic heterocycles. The summed E-state index contributed by atoms with van der Waals surface area (Å²) in [5, 5.41) is 12.2. The lowest BCUT2D eigenvalue weighted by Gasteiger charge is -2.26. The Morgan fingerprint density at radius 1 is 1.00 bits per heavy atom. The van der Waals surface area contributed by atoms with Crippen LogP contribution in [-0.2, 0) is 6.42 Å². The average Bonchev–Trinajstić information content (AvgIpc) is 2.53. The summed E-state index contributed by atoms with van der Waals surface area (Å²) in [6.07, 6.45) is 0.574. The van der Waals surface area contributed by atoms with Crippen molar-refractivity contribution in [2.75, 3.05) is 6.54 Å². The van der Waals surface area contributed by atoms with Crippen LogP contribution in [0, 0.1) is 5.41 Å². The smallest absolute Gasteiger partial charge is 0.335 e. The molecule has 0 radical (unpaired) electrons. The molecule has 23 heavy (non-hydrogen) atoms. The summed E-state index contributed by atoms with van der Waals surface area (Å²) >= 11 is 0. The highest BCUT2D eigenvalue weighted by atomic mass is 16.4. The number of benzene rings is 2. The predicted molar refractivity (Wildman–Crippen MR) is 89.7 cm³/mol. The van der Waals surface area contributed by atoms with E-state index in [0.29, 0.717) is 24.1 Å². The van der Waals surface area contributed by atoms with Crippen molar-refractivity contribution in [1.29, 1.82) is 0 Å². The topological polar surface area (TPSA) is 66.4 Å². The van der Waals surface area contributed by atoms with Crippen LogP contribution in [0.4, 0.5) is 0 Å². The van der Waals surface area contributed by atoms with E-state index in [4.69, 9.17) is 0 Å². The van der Waals surface area contributed by atoms with Crippen LogP contribution in [-0.4, -0.2) is 23.5 Å². The lowest BCUT2D eigenvalue weighted by atomic mass is 9.84. The third kappa shape index (κ3) is 4.68. The molecule has 0 bridgehead atoms. The summed E-state index contributed by atoms with van der Waals surface area (Å²) in [6.45, 7) is 4.49. The summed E-state index contributed by atoms with van der Waals surface area (Å²) in [5.74, 6) is -1.05. The lowest BCUT2D eigenvalue weighted by molar-refractivity contribution is 0.0694. The highest BCUT2D eigenvalue weighted by molar-refractivity contribution is 5.94. The fraction of sp³-hybridized carbons (Fsp3) is 0.263. The van der Waals surface area contributed by atoms with Crippen molar-refractivity contribution in [2.45, 2.75) is 20.3 Å². The Hall–Kier alpha value is -2.62. The molecule has 0 aromatic heterocycles. The standard InChI is InChI=1S/C19H21NO3/c1-19(2,12-15-10-6-7-11-16(15)18(22)23)13-20-17(21)14-8-4-3-5-9-14/h3-11H,12-13H2,1-2H3,(H,20,21)(H,22,23). The van der Waals surface area contributed by atoms with Crippen molar-refractivity contribution in [3.63, 3.8) is 0 Å². The van der Waals surface area contributed by atoms with Gasteiger partial charge in [0.2, 0.25) is 0 Å². The van der Waals surface area contributed by atoms with Crippen molar-refractivity contribution >= 4 is 11.9 Å². The Bertz CT molecular complexity index is 693. The summed E-state index contributed by atoms with van der Waals surface area (Å²) in [4.78, 5) is 23.4. The van der Waals surface area contributed by atoms with E-state index in [0.717, 1.165) is 5.56 Å². The molecule has 2 rings (SSSR count). The first-order chi connectivity index (χ1) is 10.9. The van der Waals surface area contributed by atoms with Gasteiger partial charge in [0.25, 0.3) is 5.91 Å². The van der Waals surface area contributed by atoms with E-state index in [1.165, 1.54) is 0 Å². The first-order valence-corrected chi connectivity index (χ1v) is 7.53. The lowest BCUT2D eigenvalue weighted by Crippen LogP contribution is -2.35. The fourth-order valence-electron chi connectivity index (χ4n) is 2.47. The van der Waals surface area contributed by atoms with E-state index in [9.17, 15) is 14.7 Å². The fourth-order valence-corrected chi connectivity index (χ4v) is 2.47. The van der Waals surface area contributed by atoms with Gasteiger partial charge in [0, 0.05) is 12.1 Å². The van der Waals surface area contributed by atoms with Gasteiger partial charge in [-0.2, -0.15) is 0 Å². The van der Waals surface area contributed by atoms with Gasteiger partial charge < -0.3 is 10.4 Å². The van der Waals surface area contributed by atoms with Crippen LogP contribution >= 0.6 is 0 Å². The quantitative estimate of drug-likeness (QED) is 0.859. The maximum absolute atomic E-state index is 12.1. The normalized spacial score (nSPS) is 11.0. The summed E-state index contributed by atoms with van der Waals surface area (Å²) in [6, 6.07) is 16.0. The molecule has 2 aromatic rings. The zero-order valence-electron chi connectivity index (χ0n) is 13.4. The van der Waals surface area contributed by atoms with Gasteiger partial charge in [-0.15, -0.1) is 0 Å². The molecule has 0 spiro atoms. The average molecular weight is 311 g/mol. The number of hydrogen-bond donors (Lipinski definition) is 2. The molecular weight excluding hydrogens is 290 g/mol. The summed E-state index contributed by atoms with van der Waals surface area (Å²) in [7, 11) is 0. The first-order valence-electron chi connectivity index (χ1n) is 7.53. The van der Waals surface area contributed by atoms with Crippen LogP contribution in [0.2, 0.25) is 0 Å². The number of nitrogens with one attached hydrogen (secondary N) is 1. The minimum Gasteiger partial charge on any atom is -0.478 e. The van der Waals surface area contributed by atoms with Gasteiger partial charge in [0.1, 0.15) is 0 Å². The third-order valence-electron chi connectivity index (χ3n) is 3.68. The number of carboxylic acids is 1. The van der Waals surface area contributed by atoms with E-state index in [-0.39, 0.29) is 11.3 Å². The summed E-state index contributed by atoms with van der Waals surface area (Å²) < 4.78 is 0. The molecule has 1 amide bonds. The van der Waals surface area contributed by atoms with Crippen LogP contribution in [0.15, 0.2) is 54.6 Å². The molecule has 0 heterocycles. The summed E-state index contributed by atoms with van der Waals surface area (Å²) in [5.41, 5.74) is 1.46. The number of carbonyl (C=O) groups is 2. The Balaban J connectivity index is 2.02. The van der Waals surface area contributed by atoms with Gasteiger partial charge in [0.05, 0.1) is 5.56 Å². The second-order valence-corrected chi connectivity index (χ2v) is 6.35. The molecule has 4 nitrogen and oxygen atoms in total. The molecule has 0 aliphatic carbocycles. The van der Waals surface area contributed by atoms with Crippen molar-refractivity contribution in [1.82, 2.24) is 5.32 Å². The van der Waals surface area contributed by atoms with Crippen molar-refractivity contribution in [2.24, 2.45) is 5.41 Å². The second kappa shape index (κ2) is 7.09. The highest BCUT2D eigenvalue weighted by Gasteiger charge is 2.22. The number of rotatable bonds is 6. The second-order valence-electron chi connectivity index (χ2n) is 6.35. The molecule has 2 N–H and O–H groups in total. The van der Waals surface area contributed by atoms with E-state index >= 15 is 0 Å². The molecule has 0 aliphatic rings. The van der Waals surface area contributed by atoms with Crippen LogP contribution in [0.25, 0.3) is 0 Å². The molecule has 0 saturated carbocycles. The largest absolute Gasteiger partial charge is 0.478 e. The predicted octanol–water partition coefficient (Wildman–Crippen LogP) is 3.38. The number of carboxylic acid groups (broad SMARTS) is 1. The molecular formula is C19H21NO3. The third-order valence-corrected chi connectivity index (χ3v) is 3.68. The molecule has 0 saturated heterocycles. The van der Waals surface area contributed by atoms with Gasteiger partial charge in [-0.1, -0.05) is 50.2 Å². The minimum absolute atomic E-state index is 0.120. The van der Waals surface area contributed by atoms with Crippen LogP contribution in [0.3, 0.4) is 0 Å². The Labute approximate surface area is 136 Å². The minimum atomic E-state index is -0.926. The van der Waals surface area contributed by atoms with Gasteiger partial charge in [-0.25, -0.2) is 4.79 Å². The molecule has 0 fully saturated rings. The molecule has 4 heteroatoms. The van der Waals surface area contributed by atoms with Crippen molar-refractivity contribution < 1.29 is 14.7 Å². The van der Waals surface area contributed by atoms with Crippen molar-refractivity contribution in [3.05, 3.63) is 71.3 Å². The van der Waals surface area contributed by atoms with Crippen LogP contribution in [0.1, 0.15) is 40.1 Å². The van der Waals surface area contributed by atoms with Gasteiger partial charge in [-0.3, -0.25) is 4.79 Å². The Morgan fingerprint density at radius 3 is 2.26 bits per heavy atom. The number of aromatic carboxylic acids is 1. The molecule has 2 aromatic carbocycles. The SMILES string of the molecule is CC(C)(CNC(=O)c1ccccc1)Cc1ccccc1C(=O)O. The monoisotopic (exact) mass is 311 g/mol. The first kappa shape index (κ1) is 16.7. The van der Waals surface area contributed by atoms with E-state index < -0.39 is 5.97 Å². The van der Waals surface area contributed by atoms with Gasteiger partial charge in [0.15, 0.2) is 0 Å². The van der Waals surface area contributed by atoms with E-state index in [1.807, 2.05) is 44.2 Å². The number of carbonyl (C=O) groups excluding carboxylic acids is 1. The van der Waals surface area contributed by atoms with E-state index in [2.05, 4.69) is 5.32 Å². The zero-order chi connectivity index (χ0) is 16.9. The van der Waals surface area contributed by atoms with Gasteiger partial charge >= 0.3 is 5.97 Å². The van der Waals surface area contributed by atoms with Crippen LogP contribution < -0.4 is 5.32 Å². The molecule has 0 atom stereocenters. The van der Waals surface area contributed by atoms with Crippen molar-refractivity contribution in [3.8, 4) is 0 Å².